The second-order valence-electron chi connectivity index (χ2n) is 14.0. The number of hydrogen-bond acceptors (Lipinski definition) is 9. The van der Waals surface area contributed by atoms with Gasteiger partial charge >= 0.3 is 12.1 Å². The number of benzene rings is 1. The first-order valence-electron chi connectivity index (χ1n) is 17.9. The van der Waals surface area contributed by atoms with Crippen LogP contribution in [0, 0.1) is 11.8 Å². The molecule has 6 rings (SSSR count). The summed E-state index contributed by atoms with van der Waals surface area (Å²) in [5.41, 5.74) is -0.856. The number of nitrogens with one attached hydrogen (secondary N) is 2. The molecule has 6 atom stereocenters. The SMILES string of the molecule is CCOc1cc(O[C@@H]2CC3C(=O)N[C@]4(C(=O)O)C[C@H]4/C=C\CC[C@@H](C)CC[C@H](NC(=O)OC4CCCC4)C(=O)N3C2)c2ccc(OC)cc2n1. The first kappa shape index (κ1) is 35.3. The van der Waals surface area contributed by atoms with Crippen LogP contribution in [-0.2, 0) is 19.1 Å². The van der Waals surface area contributed by atoms with Crippen LogP contribution in [0.2, 0.25) is 0 Å². The first-order valence-corrected chi connectivity index (χ1v) is 17.9. The third-order valence-corrected chi connectivity index (χ3v) is 10.4. The van der Waals surface area contributed by atoms with Gasteiger partial charge in [-0.3, -0.25) is 9.59 Å². The molecule has 0 bridgehead atoms. The summed E-state index contributed by atoms with van der Waals surface area (Å²) in [4.78, 5) is 60.1. The van der Waals surface area contributed by atoms with Crippen LogP contribution in [-0.4, -0.2) is 89.0 Å². The van der Waals surface area contributed by atoms with Gasteiger partial charge in [0, 0.05) is 29.9 Å². The number of aliphatic carboxylic acids is 1. The van der Waals surface area contributed by atoms with Gasteiger partial charge in [0.2, 0.25) is 17.7 Å². The number of carbonyl (C=O) groups excluding carboxylic acids is 3. The predicted octanol–water partition coefficient (Wildman–Crippen LogP) is 4.75. The topological polar surface area (TPSA) is 166 Å². The fourth-order valence-electron chi connectivity index (χ4n) is 7.45. The summed E-state index contributed by atoms with van der Waals surface area (Å²) in [6.45, 7) is 4.37. The number of hydrogen-bond donors (Lipinski definition) is 3. The Morgan fingerprint density at radius 3 is 2.64 bits per heavy atom. The summed E-state index contributed by atoms with van der Waals surface area (Å²) in [7, 11) is 1.57. The van der Waals surface area contributed by atoms with Crippen molar-refractivity contribution in [3.63, 3.8) is 0 Å². The van der Waals surface area contributed by atoms with Crippen molar-refractivity contribution in [2.45, 2.75) is 108 Å². The molecule has 4 aliphatic rings. The highest BCUT2D eigenvalue weighted by Crippen LogP contribution is 2.45. The Balaban J connectivity index is 1.31. The molecule has 0 radical (unpaired) electrons. The lowest BCUT2D eigenvalue weighted by molar-refractivity contribution is -0.145. The number of methoxy groups -OCH3 is 1. The molecule has 13 nitrogen and oxygen atoms in total. The highest BCUT2D eigenvalue weighted by atomic mass is 16.6. The summed E-state index contributed by atoms with van der Waals surface area (Å²) in [5, 5.41) is 16.5. The Hall–Kier alpha value is -4.55. The van der Waals surface area contributed by atoms with E-state index in [1.807, 2.05) is 25.1 Å². The lowest BCUT2D eigenvalue weighted by atomic mass is 9.96. The van der Waals surface area contributed by atoms with Gasteiger partial charge in [0.05, 0.1) is 25.8 Å². The number of alkyl carbamates (subject to hydrolysis) is 1. The van der Waals surface area contributed by atoms with Crippen LogP contribution in [0.3, 0.4) is 0 Å². The molecule has 13 heteroatoms. The number of allylic oxidation sites excluding steroid dienone is 1. The molecule has 3 heterocycles. The van der Waals surface area contributed by atoms with Crippen molar-refractivity contribution >= 4 is 34.8 Å². The van der Waals surface area contributed by atoms with Gasteiger partial charge < -0.3 is 39.6 Å². The van der Waals surface area contributed by atoms with E-state index in [0.717, 1.165) is 38.5 Å². The van der Waals surface area contributed by atoms with Gasteiger partial charge in [-0.25, -0.2) is 14.6 Å². The van der Waals surface area contributed by atoms with E-state index in [1.165, 1.54) is 4.90 Å². The molecule has 1 unspecified atom stereocenters. The minimum Gasteiger partial charge on any atom is -0.497 e. The molecule has 3 fully saturated rings. The molecule has 2 aliphatic carbocycles. The van der Waals surface area contributed by atoms with E-state index in [4.69, 9.17) is 18.9 Å². The largest absolute Gasteiger partial charge is 0.497 e. The van der Waals surface area contributed by atoms with Gasteiger partial charge in [-0.1, -0.05) is 19.1 Å². The number of carbonyl (C=O) groups is 4. The average molecular weight is 693 g/mol. The number of carboxylic acid groups (broad SMARTS) is 1. The molecule has 2 saturated carbocycles. The van der Waals surface area contributed by atoms with E-state index < -0.39 is 47.6 Å². The van der Waals surface area contributed by atoms with Gasteiger partial charge in [0.1, 0.15) is 41.3 Å². The summed E-state index contributed by atoms with van der Waals surface area (Å²) in [6.07, 6.45) is 8.91. The minimum absolute atomic E-state index is 0.0374. The van der Waals surface area contributed by atoms with E-state index in [2.05, 4.69) is 22.5 Å². The lowest BCUT2D eigenvalue weighted by Crippen LogP contribution is -2.56. The second-order valence-corrected chi connectivity index (χ2v) is 14.0. The highest BCUT2D eigenvalue weighted by molar-refractivity contribution is 5.96. The molecule has 0 spiro atoms. The molecule has 270 valence electrons. The van der Waals surface area contributed by atoms with E-state index in [9.17, 15) is 24.3 Å². The Labute approximate surface area is 292 Å². The zero-order chi connectivity index (χ0) is 35.4. The van der Waals surface area contributed by atoms with E-state index in [-0.39, 0.29) is 37.3 Å². The van der Waals surface area contributed by atoms with Gasteiger partial charge in [-0.05, 0) is 82.8 Å². The molecule has 2 aliphatic heterocycles. The Morgan fingerprint density at radius 1 is 1.10 bits per heavy atom. The second kappa shape index (κ2) is 15.1. The summed E-state index contributed by atoms with van der Waals surface area (Å²) < 4.78 is 23.3. The first-order chi connectivity index (χ1) is 24.1. The van der Waals surface area contributed by atoms with Crippen molar-refractivity contribution in [1.29, 1.82) is 0 Å². The standard InChI is InChI=1S/C37H48N4O9/c1-4-48-32-19-31(27-15-14-25(47-3)17-29(27)38-32)49-26-18-30-33(42)40-37(35(44)45)20-23(37)10-6-5-9-22(2)13-16-28(34(43)41(30)21-26)39-36(46)50-24-11-7-8-12-24/h6,10,14-15,17,19,22-24,26,28,30H,4-5,7-9,11-13,16,18,20-21H2,1-3H3,(H,39,46)(H,40,42)(H,44,45)/b10-6-/t22-,23-,26-,28+,30?,37-/m1/s1. The van der Waals surface area contributed by atoms with Crippen molar-refractivity contribution in [3.05, 3.63) is 36.4 Å². The fourth-order valence-corrected chi connectivity index (χ4v) is 7.45. The number of amides is 3. The molecular formula is C37H48N4O9. The van der Waals surface area contributed by atoms with E-state index >= 15 is 0 Å². The molecule has 3 N–H and O–H groups in total. The van der Waals surface area contributed by atoms with Gasteiger partial charge in [0.15, 0.2) is 0 Å². The number of rotatable bonds is 8. The number of nitrogens with zero attached hydrogens (tertiary/aromatic N) is 2. The third-order valence-electron chi connectivity index (χ3n) is 10.4. The molecule has 2 aromatic rings. The Bertz CT molecular complexity index is 1630. The van der Waals surface area contributed by atoms with Crippen molar-refractivity contribution in [2.24, 2.45) is 11.8 Å². The number of aromatic nitrogens is 1. The van der Waals surface area contributed by atoms with E-state index in [0.29, 0.717) is 47.7 Å². The molecular weight excluding hydrogens is 644 g/mol. The molecule has 3 amide bonds. The van der Waals surface area contributed by atoms with Crippen LogP contribution in [0.4, 0.5) is 4.79 Å². The number of carboxylic acids is 1. The predicted molar refractivity (Wildman–Crippen MR) is 183 cm³/mol. The van der Waals surface area contributed by atoms with Crippen molar-refractivity contribution < 1.29 is 43.2 Å². The smallest absolute Gasteiger partial charge is 0.408 e. The number of fused-ring (bicyclic) bond motifs is 3. The fraction of sp³-hybridized carbons (Fsp3) is 0.595. The minimum atomic E-state index is -1.44. The maximum absolute atomic E-state index is 14.5. The molecule has 1 aromatic heterocycles. The zero-order valence-electron chi connectivity index (χ0n) is 29.0. The van der Waals surface area contributed by atoms with Crippen LogP contribution in [0.5, 0.6) is 17.4 Å². The van der Waals surface area contributed by atoms with Crippen molar-refractivity contribution in [1.82, 2.24) is 20.5 Å². The Kier molecular flexibility index (Phi) is 10.7. The van der Waals surface area contributed by atoms with Gasteiger partial charge in [0.25, 0.3) is 0 Å². The summed E-state index contributed by atoms with van der Waals surface area (Å²) in [6, 6.07) is 5.09. The number of pyridine rings is 1. The van der Waals surface area contributed by atoms with Crippen LogP contribution in [0.25, 0.3) is 10.9 Å². The van der Waals surface area contributed by atoms with Crippen LogP contribution < -0.4 is 24.8 Å². The highest BCUT2D eigenvalue weighted by Gasteiger charge is 2.61. The monoisotopic (exact) mass is 692 g/mol. The third kappa shape index (κ3) is 7.76. The average Bonchev–Trinajstić information content (AvgIpc) is 3.36. The normalized spacial score (nSPS) is 29.5. The zero-order valence-corrected chi connectivity index (χ0v) is 29.0. The quantitative estimate of drug-likeness (QED) is 0.329. The lowest BCUT2D eigenvalue weighted by Gasteiger charge is -2.30. The summed E-state index contributed by atoms with van der Waals surface area (Å²) >= 11 is 0. The van der Waals surface area contributed by atoms with Crippen molar-refractivity contribution in [3.8, 4) is 17.4 Å². The van der Waals surface area contributed by atoms with Gasteiger partial charge in [-0.2, -0.15) is 0 Å². The van der Waals surface area contributed by atoms with Crippen LogP contribution in [0.1, 0.15) is 78.1 Å². The van der Waals surface area contributed by atoms with Crippen LogP contribution in [0.15, 0.2) is 36.4 Å². The van der Waals surface area contributed by atoms with Gasteiger partial charge in [-0.15, -0.1) is 0 Å². The maximum atomic E-state index is 14.5. The van der Waals surface area contributed by atoms with Crippen LogP contribution >= 0.6 is 0 Å². The molecule has 50 heavy (non-hydrogen) atoms. The van der Waals surface area contributed by atoms with Crippen molar-refractivity contribution in [2.75, 3.05) is 20.3 Å². The summed E-state index contributed by atoms with van der Waals surface area (Å²) in [5.74, 6) is -0.816. The Morgan fingerprint density at radius 2 is 1.90 bits per heavy atom. The maximum Gasteiger partial charge on any atom is 0.408 e. The van der Waals surface area contributed by atoms with E-state index in [1.54, 1.807) is 25.3 Å². The number of ether oxygens (including phenoxy) is 4. The molecule has 1 saturated heterocycles. The molecule has 1 aromatic carbocycles.